The monoisotopic (exact) mass is 293 g/mol. The van der Waals surface area contributed by atoms with Crippen LogP contribution in [-0.2, 0) is 11.3 Å². The molecule has 21 heavy (non-hydrogen) atoms. The Hall–Kier alpha value is -2.22. The number of aliphatic hydroxyl groups excluding tert-OH is 1. The minimum atomic E-state index is -0.0811. The van der Waals surface area contributed by atoms with Gasteiger partial charge < -0.3 is 14.4 Å². The van der Waals surface area contributed by atoms with Crippen molar-refractivity contribution in [2.45, 2.75) is 25.8 Å². The third-order valence-electron chi connectivity index (χ3n) is 3.05. The highest BCUT2D eigenvalue weighted by atomic mass is 16.3. The minimum Gasteiger partial charge on any atom is -0.461 e. The Balaban J connectivity index is 1.82. The third kappa shape index (κ3) is 4.38. The van der Waals surface area contributed by atoms with E-state index in [1.165, 1.54) is 11.1 Å². The first-order valence-corrected chi connectivity index (χ1v) is 6.87. The summed E-state index contributed by atoms with van der Waals surface area (Å²) < 4.78 is 5.17. The van der Waals surface area contributed by atoms with Crippen LogP contribution >= 0.6 is 0 Å². The molecule has 0 saturated heterocycles. The van der Waals surface area contributed by atoms with Crippen LogP contribution < -0.4 is 0 Å². The van der Waals surface area contributed by atoms with Crippen molar-refractivity contribution in [3.8, 4) is 11.6 Å². The summed E-state index contributed by atoms with van der Waals surface area (Å²) in [7, 11) is 1.74. The Bertz CT molecular complexity index is 552. The second kappa shape index (κ2) is 7.53. The Morgan fingerprint density at radius 2 is 2.29 bits per heavy atom. The molecule has 2 aromatic heterocycles. The lowest BCUT2D eigenvalue weighted by Crippen LogP contribution is -2.31. The first-order chi connectivity index (χ1) is 10.2. The molecule has 2 heterocycles. The van der Waals surface area contributed by atoms with Crippen molar-refractivity contribution in [1.29, 1.82) is 0 Å². The first kappa shape index (κ1) is 15.2. The quantitative estimate of drug-likeness (QED) is 0.714. The molecule has 0 aliphatic carbocycles. The number of tetrazole rings is 1. The standard InChI is InChI=1S/C13H19N5O3/c1-17(7-3-2-4-8-19)12(20)10-18-15-13(14-16-18)11-6-5-9-21-11/h5-6,9,19H,2-4,7-8,10H2,1H3. The van der Waals surface area contributed by atoms with Gasteiger partial charge in [0.05, 0.1) is 6.26 Å². The zero-order valence-corrected chi connectivity index (χ0v) is 12.0. The summed E-state index contributed by atoms with van der Waals surface area (Å²) in [5, 5.41) is 20.5. The zero-order valence-electron chi connectivity index (χ0n) is 12.0. The number of hydrogen-bond acceptors (Lipinski definition) is 6. The number of amides is 1. The van der Waals surface area contributed by atoms with Gasteiger partial charge in [-0.25, -0.2) is 0 Å². The molecular weight excluding hydrogens is 274 g/mol. The molecular formula is C13H19N5O3. The fourth-order valence-electron chi connectivity index (χ4n) is 1.82. The molecule has 0 fully saturated rings. The maximum atomic E-state index is 12.0. The molecule has 2 aromatic rings. The highest BCUT2D eigenvalue weighted by Crippen LogP contribution is 2.12. The van der Waals surface area contributed by atoms with Gasteiger partial charge in [-0.2, -0.15) is 4.80 Å². The van der Waals surface area contributed by atoms with E-state index in [0.29, 0.717) is 18.1 Å². The van der Waals surface area contributed by atoms with Crippen LogP contribution in [0, 0.1) is 0 Å². The molecule has 0 saturated carbocycles. The topological polar surface area (TPSA) is 97.3 Å². The maximum absolute atomic E-state index is 12.0. The largest absolute Gasteiger partial charge is 0.461 e. The number of carbonyl (C=O) groups is 1. The summed E-state index contributed by atoms with van der Waals surface area (Å²) in [5.74, 6) is 0.798. The normalized spacial score (nSPS) is 10.8. The smallest absolute Gasteiger partial charge is 0.245 e. The van der Waals surface area contributed by atoms with E-state index in [4.69, 9.17) is 9.52 Å². The lowest BCUT2D eigenvalue weighted by Gasteiger charge is -2.16. The van der Waals surface area contributed by atoms with E-state index < -0.39 is 0 Å². The van der Waals surface area contributed by atoms with Gasteiger partial charge >= 0.3 is 0 Å². The molecule has 2 rings (SSSR count). The molecule has 0 radical (unpaired) electrons. The lowest BCUT2D eigenvalue weighted by atomic mass is 10.2. The van der Waals surface area contributed by atoms with Crippen molar-refractivity contribution in [3.05, 3.63) is 18.4 Å². The van der Waals surface area contributed by atoms with E-state index in [0.717, 1.165) is 19.3 Å². The number of furan rings is 1. The fraction of sp³-hybridized carbons (Fsp3) is 0.538. The van der Waals surface area contributed by atoms with Crippen LogP contribution in [-0.4, -0.2) is 56.3 Å². The predicted octanol–water partition coefficient (Wildman–Crippen LogP) is 0.554. The molecule has 114 valence electrons. The van der Waals surface area contributed by atoms with Gasteiger partial charge in [0.1, 0.15) is 6.54 Å². The summed E-state index contributed by atoms with van der Waals surface area (Å²) in [4.78, 5) is 14.9. The number of hydrogen-bond donors (Lipinski definition) is 1. The van der Waals surface area contributed by atoms with Gasteiger partial charge in [-0.1, -0.05) is 0 Å². The van der Waals surface area contributed by atoms with Crippen LogP contribution in [0.4, 0.5) is 0 Å². The first-order valence-electron chi connectivity index (χ1n) is 6.87. The minimum absolute atomic E-state index is 0.0458. The highest BCUT2D eigenvalue weighted by Gasteiger charge is 2.13. The Kier molecular flexibility index (Phi) is 5.44. The van der Waals surface area contributed by atoms with Crippen molar-refractivity contribution in [1.82, 2.24) is 25.1 Å². The predicted molar refractivity (Wildman–Crippen MR) is 74.1 cm³/mol. The molecule has 0 aliphatic rings. The van der Waals surface area contributed by atoms with Crippen LogP contribution in [0.3, 0.4) is 0 Å². The van der Waals surface area contributed by atoms with Gasteiger partial charge in [0.15, 0.2) is 5.76 Å². The van der Waals surface area contributed by atoms with E-state index in [9.17, 15) is 4.79 Å². The zero-order chi connectivity index (χ0) is 15.1. The van der Waals surface area contributed by atoms with E-state index in [2.05, 4.69) is 15.4 Å². The number of likely N-dealkylation sites (N-methyl/N-ethyl adjacent to an activating group) is 1. The van der Waals surface area contributed by atoms with Crippen molar-refractivity contribution in [2.75, 3.05) is 20.2 Å². The van der Waals surface area contributed by atoms with E-state index >= 15 is 0 Å². The number of carbonyl (C=O) groups excluding carboxylic acids is 1. The van der Waals surface area contributed by atoms with Gasteiger partial charge in [-0.15, -0.1) is 10.2 Å². The number of unbranched alkanes of at least 4 members (excludes halogenated alkanes) is 2. The Labute approximate surface area is 122 Å². The molecule has 1 N–H and O–H groups in total. The Morgan fingerprint density at radius 3 is 3.00 bits per heavy atom. The number of nitrogens with zero attached hydrogens (tertiary/aromatic N) is 5. The van der Waals surface area contributed by atoms with Crippen LogP contribution in [0.1, 0.15) is 19.3 Å². The van der Waals surface area contributed by atoms with Crippen molar-refractivity contribution < 1.29 is 14.3 Å². The molecule has 0 aromatic carbocycles. The van der Waals surface area contributed by atoms with Gasteiger partial charge in [0.25, 0.3) is 0 Å². The van der Waals surface area contributed by atoms with Crippen LogP contribution in [0.2, 0.25) is 0 Å². The molecule has 0 bridgehead atoms. The average Bonchev–Trinajstić information content (AvgIpc) is 3.13. The summed E-state index contributed by atoms with van der Waals surface area (Å²) in [6, 6.07) is 3.47. The molecule has 0 aliphatic heterocycles. The van der Waals surface area contributed by atoms with Crippen molar-refractivity contribution in [3.63, 3.8) is 0 Å². The molecule has 0 spiro atoms. The second-order valence-corrected chi connectivity index (χ2v) is 4.72. The SMILES string of the molecule is CN(CCCCCO)C(=O)Cn1nnc(-c2ccco2)n1. The van der Waals surface area contributed by atoms with Crippen LogP contribution in [0.15, 0.2) is 22.8 Å². The van der Waals surface area contributed by atoms with E-state index in [1.807, 2.05) is 0 Å². The van der Waals surface area contributed by atoms with Gasteiger partial charge in [-0.3, -0.25) is 4.79 Å². The summed E-state index contributed by atoms with van der Waals surface area (Å²) in [6.07, 6.45) is 4.06. The van der Waals surface area contributed by atoms with Crippen LogP contribution in [0.5, 0.6) is 0 Å². The van der Waals surface area contributed by atoms with E-state index in [1.54, 1.807) is 24.1 Å². The molecule has 0 unspecified atom stereocenters. The van der Waals surface area contributed by atoms with E-state index in [-0.39, 0.29) is 19.1 Å². The molecule has 1 amide bonds. The highest BCUT2D eigenvalue weighted by molar-refractivity contribution is 5.75. The van der Waals surface area contributed by atoms with Crippen molar-refractivity contribution >= 4 is 5.91 Å². The molecule has 8 nitrogen and oxygen atoms in total. The summed E-state index contributed by atoms with van der Waals surface area (Å²) in [5.41, 5.74) is 0. The average molecular weight is 293 g/mol. The fourth-order valence-corrected chi connectivity index (χ4v) is 1.82. The van der Waals surface area contributed by atoms with Gasteiger partial charge in [-0.05, 0) is 36.6 Å². The Morgan fingerprint density at radius 1 is 1.43 bits per heavy atom. The van der Waals surface area contributed by atoms with Crippen LogP contribution in [0.25, 0.3) is 11.6 Å². The number of aliphatic hydroxyl groups is 1. The summed E-state index contributed by atoms with van der Waals surface area (Å²) >= 11 is 0. The van der Waals surface area contributed by atoms with Gasteiger partial charge in [0, 0.05) is 20.2 Å². The third-order valence-corrected chi connectivity index (χ3v) is 3.05. The molecule has 8 heteroatoms. The van der Waals surface area contributed by atoms with Crippen molar-refractivity contribution in [2.24, 2.45) is 0 Å². The molecule has 0 atom stereocenters. The lowest BCUT2D eigenvalue weighted by molar-refractivity contribution is -0.131. The second-order valence-electron chi connectivity index (χ2n) is 4.72. The number of rotatable bonds is 8. The summed E-state index contributed by atoms with van der Waals surface area (Å²) in [6.45, 7) is 0.888. The number of aromatic nitrogens is 4. The van der Waals surface area contributed by atoms with Gasteiger partial charge in [0.2, 0.25) is 11.7 Å². The maximum Gasteiger partial charge on any atom is 0.245 e.